The highest BCUT2D eigenvalue weighted by atomic mass is 27.2. The average molecular weight is 311 g/mol. The Kier molecular flexibility index (Phi) is 9.87. The zero-order valence-corrected chi connectivity index (χ0v) is 17.8. The van der Waals surface area contributed by atoms with Crippen molar-refractivity contribution < 1.29 is 0 Å². The van der Waals surface area contributed by atoms with Crippen LogP contribution in [0.3, 0.4) is 0 Å². The lowest BCUT2D eigenvalue weighted by Gasteiger charge is -2.28. The largest absolute Gasteiger partial charge is 0.262 e. The molecule has 0 nitrogen and oxygen atoms in total. The molecule has 0 heterocycles. The van der Waals surface area contributed by atoms with Gasteiger partial charge in [-0.25, -0.2) is 0 Å². The van der Waals surface area contributed by atoms with Crippen molar-refractivity contribution in [1.82, 2.24) is 0 Å². The van der Waals surface area contributed by atoms with Gasteiger partial charge in [-0.3, -0.25) is 0 Å². The van der Waals surface area contributed by atoms with Crippen LogP contribution in [-0.4, -0.2) is 14.1 Å². The summed E-state index contributed by atoms with van der Waals surface area (Å²) in [5.41, 5.74) is 1.00. The topological polar surface area (TPSA) is 0 Å². The van der Waals surface area contributed by atoms with E-state index in [0.717, 1.165) is 11.8 Å². The SMILES string of the molecule is CCC[CH2][Al]([CH2]C(C)CC(C)(C)C)[CH2]C(C)CC(C)(C)C. The minimum Gasteiger partial charge on any atom is -0.0939 e. The third-order valence-electron chi connectivity index (χ3n) is 4.36. The van der Waals surface area contributed by atoms with Gasteiger partial charge in [0.2, 0.25) is 0 Å². The molecule has 0 aliphatic carbocycles. The summed E-state index contributed by atoms with van der Waals surface area (Å²) in [4.78, 5) is 0. The monoisotopic (exact) mass is 310 g/mol. The van der Waals surface area contributed by atoms with Crippen LogP contribution >= 0.6 is 0 Å². The molecule has 2 atom stereocenters. The first-order valence-electron chi connectivity index (χ1n) is 9.43. The predicted molar refractivity (Wildman–Crippen MR) is 102 cm³/mol. The molecule has 1 heteroatoms. The fraction of sp³-hybridized carbons (Fsp3) is 1.00. The molecule has 0 saturated heterocycles. The van der Waals surface area contributed by atoms with E-state index in [-0.39, 0.29) is 0 Å². The van der Waals surface area contributed by atoms with E-state index >= 15 is 0 Å². The van der Waals surface area contributed by atoms with Gasteiger partial charge in [0.05, 0.1) is 0 Å². The molecule has 2 unspecified atom stereocenters. The second-order valence-corrected chi connectivity index (χ2v) is 13.5. The Labute approximate surface area is 140 Å². The third kappa shape index (κ3) is 13.9. The highest BCUT2D eigenvalue weighted by molar-refractivity contribution is 6.58. The Morgan fingerprint density at radius 1 is 0.762 bits per heavy atom. The molecule has 0 fully saturated rings. The van der Waals surface area contributed by atoms with Crippen molar-refractivity contribution in [2.45, 2.75) is 104 Å². The highest BCUT2D eigenvalue weighted by Crippen LogP contribution is 2.32. The maximum Gasteiger partial charge on any atom is 0.262 e. The van der Waals surface area contributed by atoms with E-state index in [9.17, 15) is 0 Å². The van der Waals surface area contributed by atoms with E-state index in [1.165, 1.54) is 25.7 Å². The van der Waals surface area contributed by atoms with Crippen LogP contribution in [0.4, 0.5) is 0 Å². The number of rotatable bonds is 9. The van der Waals surface area contributed by atoms with Gasteiger partial charge in [0.25, 0.3) is 14.1 Å². The first kappa shape index (κ1) is 21.5. The second kappa shape index (κ2) is 9.62. The lowest BCUT2D eigenvalue weighted by molar-refractivity contribution is 0.313. The van der Waals surface area contributed by atoms with Crippen LogP contribution < -0.4 is 0 Å². The Bertz CT molecular complexity index is 232. The fourth-order valence-corrected chi connectivity index (χ4v) is 8.48. The van der Waals surface area contributed by atoms with Gasteiger partial charge in [0, 0.05) is 0 Å². The van der Waals surface area contributed by atoms with Crippen LogP contribution in [0.1, 0.15) is 88.0 Å². The number of hydrogen-bond acceptors (Lipinski definition) is 0. The molecule has 21 heavy (non-hydrogen) atoms. The quantitative estimate of drug-likeness (QED) is 0.388. The Morgan fingerprint density at radius 2 is 1.14 bits per heavy atom. The van der Waals surface area contributed by atoms with E-state index < -0.39 is 14.1 Å². The molecule has 0 aliphatic heterocycles. The van der Waals surface area contributed by atoms with E-state index in [0.29, 0.717) is 10.8 Å². The minimum atomic E-state index is -0.546. The van der Waals surface area contributed by atoms with Crippen molar-refractivity contribution in [2.24, 2.45) is 22.7 Å². The maximum atomic E-state index is 2.51. The lowest BCUT2D eigenvalue weighted by atomic mass is 9.86. The zero-order chi connectivity index (χ0) is 16.7. The number of hydrogen-bond donors (Lipinski definition) is 0. The molecular weight excluding hydrogens is 267 g/mol. The van der Waals surface area contributed by atoms with Gasteiger partial charge >= 0.3 is 0 Å². The van der Waals surface area contributed by atoms with E-state index in [1.54, 1.807) is 15.8 Å². The van der Waals surface area contributed by atoms with Gasteiger partial charge < -0.3 is 0 Å². The Balaban J connectivity index is 4.43. The molecule has 0 aliphatic rings. The van der Waals surface area contributed by atoms with Gasteiger partial charge in [-0.05, 0) is 23.7 Å². The van der Waals surface area contributed by atoms with Gasteiger partial charge in [0.1, 0.15) is 0 Å². The summed E-state index contributed by atoms with van der Waals surface area (Å²) in [6.07, 6.45) is 5.65. The summed E-state index contributed by atoms with van der Waals surface area (Å²) in [7, 11) is 0. The van der Waals surface area contributed by atoms with Crippen molar-refractivity contribution >= 4 is 14.1 Å². The molecule has 126 valence electrons. The van der Waals surface area contributed by atoms with Crippen molar-refractivity contribution in [1.29, 1.82) is 0 Å². The van der Waals surface area contributed by atoms with E-state index in [2.05, 4.69) is 62.3 Å². The van der Waals surface area contributed by atoms with Crippen LogP contribution in [0.15, 0.2) is 0 Å². The van der Waals surface area contributed by atoms with E-state index in [4.69, 9.17) is 0 Å². The van der Waals surface area contributed by atoms with Gasteiger partial charge in [-0.1, -0.05) is 103 Å². The third-order valence-corrected chi connectivity index (χ3v) is 8.53. The molecule has 0 rings (SSSR count). The average Bonchev–Trinajstić information content (AvgIpc) is 2.20. The minimum absolute atomic E-state index is 0.500. The Morgan fingerprint density at radius 3 is 1.43 bits per heavy atom. The van der Waals surface area contributed by atoms with Crippen molar-refractivity contribution in [3.63, 3.8) is 0 Å². The van der Waals surface area contributed by atoms with Crippen LogP contribution in [0.25, 0.3) is 0 Å². The standard InChI is InChI=1S/2C8H17.C4H9.Al/c2*1-7(2)6-8(3,4)5;1-3-4-2;/h2*7H,1,6H2,2-5H3;1,3-4H2,2H3;. The van der Waals surface area contributed by atoms with Crippen LogP contribution in [0, 0.1) is 22.7 Å². The van der Waals surface area contributed by atoms with Crippen LogP contribution in [0.5, 0.6) is 0 Å². The molecule has 0 N–H and O–H groups in total. The van der Waals surface area contributed by atoms with E-state index in [1.807, 2.05) is 0 Å². The molecule has 0 aromatic heterocycles. The molecule has 0 bridgehead atoms. The van der Waals surface area contributed by atoms with Gasteiger partial charge in [-0.2, -0.15) is 0 Å². The second-order valence-electron chi connectivity index (χ2n) is 10.2. The van der Waals surface area contributed by atoms with Crippen molar-refractivity contribution in [3.05, 3.63) is 0 Å². The van der Waals surface area contributed by atoms with Gasteiger partial charge in [0.15, 0.2) is 0 Å². The molecule has 0 spiro atoms. The van der Waals surface area contributed by atoms with Crippen LogP contribution in [0.2, 0.25) is 15.8 Å². The molecule has 0 saturated carbocycles. The summed E-state index contributed by atoms with van der Waals surface area (Å²) in [6, 6.07) is 0. The first-order chi connectivity index (χ1) is 9.43. The lowest BCUT2D eigenvalue weighted by Crippen LogP contribution is -2.23. The zero-order valence-electron chi connectivity index (χ0n) is 16.7. The smallest absolute Gasteiger partial charge is 0.0939 e. The summed E-state index contributed by atoms with van der Waals surface area (Å²) in [6.45, 7) is 21.7. The summed E-state index contributed by atoms with van der Waals surface area (Å²) >= 11 is -0.546. The predicted octanol–water partition coefficient (Wildman–Crippen LogP) is 7.43. The Hall–Kier alpha value is 0.532. The summed E-state index contributed by atoms with van der Waals surface area (Å²) < 4.78 is 0. The molecule has 0 radical (unpaired) electrons. The fourth-order valence-electron chi connectivity index (χ4n) is 4.22. The molecule has 0 aromatic rings. The molecular formula is C20H43Al. The summed E-state index contributed by atoms with van der Waals surface area (Å²) in [5, 5.41) is 4.73. The molecule has 0 amide bonds. The van der Waals surface area contributed by atoms with Crippen LogP contribution in [-0.2, 0) is 0 Å². The van der Waals surface area contributed by atoms with Crippen molar-refractivity contribution in [3.8, 4) is 0 Å². The normalized spacial score (nSPS) is 15.9. The first-order valence-corrected chi connectivity index (χ1v) is 11.9. The summed E-state index contributed by atoms with van der Waals surface area (Å²) in [5.74, 6) is 1.86. The molecule has 0 aromatic carbocycles. The maximum absolute atomic E-state index is 2.51. The highest BCUT2D eigenvalue weighted by Gasteiger charge is 2.26. The number of unbranched alkanes of at least 4 members (excludes halogenated alkanes) is 1. The van der Waals surface area contributed by atoms with Crippen molar-refractivity contribution in [2.75, 3.05) is 0 Å². The van der Waals surface area contributed by atoms with Gasteiger partial charge in [-0.15, -0.1) is 0 Å².